The Morgan fingerprint density at radius 3 is 2.23 bits per heavy atom. The van der Waals surface area contributed by atoms with E-state index in [0.717, 1.165) is 21.0 Å². The Hall–Kier alpha value is -2.77. The van der Waals surface area contributed by atoms with Gasteiger partial charge in [0.2, 0.25) is 0 Å². The second-order valence-corrected chi connectivity index (χ2v) is 7.48. The topological polar surface area (TPSA) is 65.8 Å². The van der Waals surface area contributed by atoms with Gasteiger partial charge in [-0.1, -0.05) is 6.07 Å². The van der Waals surface area contributed by atoms with Gasteiger partial charge in [0.25, 0.3) is 5.91 Å². The molecule has 0 aliphatic carbocycles. The van der Waals surface area contributed by atoms with E-state index in [2.05, 4.69) is 27.1 Å². The Balaban J connectivity index is 1.60. The maximum absolute atomic E-state index is 12.2. The van der Waals surface area contributed by atoms with Gasteiger partial charge >= 0.3 is 0 Å². The predicted octanol–water partition coefficient (Wildman–Crippen LogP) is 4.64. The van der Waals surface area contributed by atoms with Crippen LogP contribution in [-0.2, 0) is 0 Å². The molecule has 3 rings (SSSR count). The quantitative estimate of drug-likeness (QED) is 0.482. The van der Waals surface area contributed by atoms with Crippen molar-refractivity contribution >= 4 is 46.7 Å². The Bertz CT molecular complexity index is 956. The van der Waals surface area contributed by atoms with Gasteiger partial charge in [-0.2, -0.15) is 10.2 Å². The summed E-state index contributed by atoms with van der Waals surface area (Å²) in [5.74, 6) is -0.266. The number of amides is 1. The first-order valence-electron chi connectivity index (χ1n) is 7.94. The van der Waals surface area contributed by atoms with Gasteiger partial charge < -0.3 is 0 Å². The van der Waals surface area contributed by atoms with Crippen LogP contribution in [-0.4, -0.2) is 18.3 Å². The third-order valence-corrected chi connectivity index (χ3v) is 5.56. The maximum Gasteiger partial charge on any atom is 0.271 e. The van der Waals surface area contributed by atoms with Gasteiger partial charge in [-0.05, 0) is 66.1 Å². The highest BCUT2D eigenvalue weighted by molar-refractivity contribution is 7.12. The lowest BCUT2D eigenvalue weighted by molar-refractivity contribution is 0.0955. The van der Waals surface area contributed by atoms with Crippen LogP contribution >= 0.6 is 22.7 Å². The summed E-state index contributed by atoms with van der Waals surface area (Å²) < 4.78 is 0. The summed E-state index contributed by atoms with van der Waals surface area (Å²) in [6, 6.07) is 11.2. The van der Waals surface area contributed by atoms with Gasteiger partial charge in [0.05, 0.1) is 18.1 Å². The molecule has 0 fully saturated rings. The van der Waals surface area contributed by atoms with E-state index in [1.807, 2.05) is 36.7 Å². The Labute approximate surface area is 160 Å². The summed E-state index contributed by atoms with van der Waals surface area (Å²) in [4.78, 5) is 14.4. The normalized spacial score (nSPS) is 11.3. The third kappa shape index (κ3) is 4.65. The molecule has 0 aliphatic heterocycles. The number of anilines is 1. The second kappa shape index (κ2) is 8.55. The molecule has 3 aromatic rings. The van der Waals surface area contributed by atoms with Gasteiger partial charge in [-0.25, -0.2) is 5.43 Å². The number of nitrogens with zero attached hydrogens (tertiary/aromatic N) is 2. The number of carbonyl (C=O) groups excluding carboxylic acids is 1. The van der Waals surface area contributed by atoms with Crippen molar-refractivity contribution in [1.82, 2.24) is 5.43 Å². The van der Waals surface area contributed by atoms with E-state index in [0.29, 0.717) is 5.56 Å². The highest BCUT2D eigenvalue weighted by Crippen LogP contribution is 2.14. The fourth-order valence-corrected chi connectivity index (χ4v) is 3.72. The summed E-state index contributed by atoms with van der Waals surface area (Å²) in [6.45, 7) is 4.05. The first-order valence-corrected chi connectivity index (χ1v) is 9.70. The molecule has 1 amide bonds. The van der Waals surface area contributed by atoms with Gasteiger partial charge in [0.1, 0.15) is 0 Å². The number of benzene rings is 1. The first-order chi connectivity index (χ1) is 12.6. The maximum atomic E-state index is 12.2. The minimum Gasteiger partial charge on any atom is -0.278 e. The Kier molecular flexibility index (Phi) is 5.93. The molecular weight excluding hydrogens is 364 g/mol. The number of rotatable bonds is 6. The molecule has 0 radical (unpaired) electrons. The van der Waals surface area contributed by atoms with Gasteiger partial charge in [-0.3, -0.25) is 10.2 Å². The molecular formula is C19H18N4OS2. The zero-order chi connectivity index (χ0) is 18.4. The largest absolute Gasteiger partial charge is 0.278 e. The van der Waals surface area contributed by atoms with Crippen molar-refractivity contribution in [1.29, 1.82) is 0 Å². The molecule has 0 aliphatic rings. The second-order valence-electron chi connectivity index (χ2n) is 5.59. The fourth-order valence-electron chi connectivity index (χ4n) is 2.14. The lowest BCUT2D eigenvalue weighted by Crippen LogP contribution is -2.17. The fraction of sp³-hybridized carbons (Fsp3) is 0.105. The van der Waals surface area contributed by atoms with Crippen molar-refractivity contribution in [3.8, 4) is 0 Å². The summed E-state index contributed by atoms with van der Waals surface area (Å²) in [6.07, 6.45) is 3.44. The lowest BCUT2D eigenvalue weighted by atomic mass is 10.2. The zero-order valence-corrected chi connectivity index (χ0v) is 16.0. The minimum atomic E-state index is -0.266. The average Bonchev–Trinajstić information content (AvgIpc) is 3.24. The van der Waals surface area contributed by atoms with E-state index in [4.69, 9.17) is 0 Å². The van der Waals surface area contributed by atoms with Gasteiger partial charge in [0.15, 0.2) is 0 Å². The van der Waals surface area contributed by atoms with E-state index in [-0.39, 0.29) is 5.91 Å². The standard InChI is InChI=1S/C19H18N4OS2/c1-13-6-8-25-17(13)11-20-22-16-5-3-4-15(10-16)19(24)23-21-12-18-14(2)7-9-26-18/h3-12,22H,1-2H3,(H,23,24)/b20-11+,21-12+. The van der Waals surface area contributed by atoms with Gasteiger partial charge in [-0.15, -0.1) is 22.7 Å². The summed E-state index contributed by atoms with van der Waals surface area (Å²) in [7, 11) is 0. The number of hydrogen-bond donors (Lipinski definition) is 2. The smallest absolute Gasteiger partial charge is 0.271 e. The lowest BCUT2D eigenvalue weighted by Gasteiger charge is -2.03. The van der Waals surface area contributed by atoms with Crippen molar-refractivity contribution < 1.29 is 4.79 Å². The number of hydrogen-bond acceptors (Lipinski definition) is 6. The van der Waals surface area contributed by atoms with E-state index in [1.165, 1.54) is 5.56 Å². The van der Waals surface area contributed by atoms with E-state index in [9.17, 15) is 4.79 Å². The summed E-state index contributed by atoms with van der Waals surface area (Å²) >= 11 is 3.22. The monoisotopic (exact) mass is 382 g/mol. The summed E-state index contributed by atoms with van der Waals surface area (Å²) in [5.41, 5.74) is 9.07. The first kappa shape index (κ1) is 18.0. The highest BCUT2D eigenvalue weighted by atomic mass is 32.1. The summed E-state index contributed by atoms with van der Waals surface area (Å²) in [5, 5.41) is 12.3. The van der Waals surface area contributed by atoms with Crippen molar-refractivity contribution in [3.63, 3.8) is 0 Å². The van der Waals surface area contributed by atoms with Crippen LogP contribution in [0.15, 0.2) is 57.4 Å². The molecule has 2 N–H and O–H groups in total. The van der Waals surface area contributed by atoms with Crippen LogP contribution in [0.25, 0.3) is 0 Å². The van der Waals surface area contributed by atoms with Crippen LogP contribution in [0, 0.1) is 13.8 Å². The molecule has 26 heavy (non-hydrogen) atoms. The molecule has 0 bridgehead atoms. The SMILES string of the molecule is Cc1ccsc1/C=N/NC(=O)c1cccc(N/N=C/c2sccc2C)c1. The molecule has 5 nitrogen and oxygen atoms in total. The van der Waals surface area contributed by atoms with Crippen LogP contribution in [0.5, 0.6) is 0 Å². The van der Waals surface area contributed by atoms with Crippen molar-refractivity contribution in [2.24, 2.45) is 10.2 Å². The number of carbonyl (C=O) groups is 1. The molecule has 0 saturated heterocycles. The van der Waals surface area contributed by atoms with Crippen LogP contribution in [0.1, 0.15) is 31.2 Å². The molecule has 0 atom stereocenters. The van der Waals surface area contributed by atoms with Crippen LogP contribution in [0.3, 0.4) is 0 Å². The molecule has 0 spiro atoms. The van der Waals surface area contributed by atoms with E-state index >= 15 is 0 Å². The molecule has 132 valence electrons. The number of nitrogens with one attached hydrogen (secondary N) is 2. The molecule has 0 unspecified atom stereocenters. The molecule has 2 aromatic heterocycles. The minimum absolute atomic E-state index is 0.266. The van der Waals surface area contributed by atoms with Crippen molar-refractivity contribution in [2.45, 2.75) is 13.8 Å². The van der Waals surface area contributed by atoms with Crippen molar-refractivity contribution in [2.75, 3.05) is 5.43 Å². The number of thiophene rings is 2. The zero-order valence-electron chi connectivity index (χ0n) is 14.4. The third-order valence-electron chi connectivity index (χ3n) is 3.65. The number of aryl methyl sites for hydroxylation is 2. The molecule has 1 aromatic carbocycles. The van der Waals surface area contributed by atoms with E-state index in [1.54, 1.807) is 53.3 Å². The van der Waals surface area contributed by atoms with Crippen molar-refractivity contribution in [3.05, 3.63) is 73.6 Å². The van der Waals surface area contributed by atoms with Crippen LogP contribution in [0.2, 0.25) is 0 Å². The average molecular weight is 383 g/mol. The highest BCUT2D eigenvalue weighted by Gasteiger charge is 2.05. The van der Waals surface area contributed by atoms with Crippen LogP contribution in [0.4, 0.5) is 5.69 Å². The molecule has 7 heteroatoms. The molecule has 2 heterocycles. The van der Waals surface area contributed by atoms with E-state index < -0.39 is 0 Å². The molecule has 0 saturated carbocycles. The van der Waals surface area contributed by atoms with Crippen LogP contribution < -0.4 is 10.9 Å². The van der Waals surface area contributed by atoms with Gasteiger partial charge in [0, 0.05) is 15.3 Å². The number of hydrazone groups is 2. The Morgan fingerprint density at radius 1 is 0.962 bits per heavy atom. The Morgan fingerprint density at radius 2 is 1.62 bits per heavy atom. The predicted molar refractivity (Wildman–Crippen MR) is 111 cm³/mol.